The lowest BCUT2D eigenvalue weighted by Crippen LogP contribution is -2.49. The van der Waals surface area contributed by atoms with E-state index in [1.54, 1.807) is 0 Å². The third kappa shape index (κ3) is 6.07. The highest BCUT2D eigenvalue weighted by atomic mass is 16.1. The van der Waals surface area contributed by atoms with Crippen molar-refractivity contribution in [1.82, 2.24) is 25.1 Å². The van der Waals surface area contributed by atoms with Crippen LogP contribution >= 0.6 is 0 Å². The number of imidazole rings is 1. The van der Waals surface area contributed by atoms with Gasteiger partial charge in [0.05, 0.1) is 18.9 Å². The number of hydrogen-bond acceptors (Lipinski definition) is 3. The number of benzene rings is 1. The van der Waals surface area contributed by atoms with Crippen LogP contribution < -0.4 is 10.6 Å². The average molecular weight is 397 g/mol. The highest BCUT2D eigenvalue weighted by molar-refractivity contribution is 5.81. The third-order valence-electron chi connectivity index (χ3n) is 5.39. The Bertz CT molecular complexity index is 774. The topological polar surface area (TPSA) is 74.6 Å². The number of nitrogens with zero attached hydrogens (tertiary/aromatic N) is 4. The summed E-state index contributed by atoms with van der Waals surface area (Å²) in [5.74, 6) is 1.50. The van der Waals surface area contributed by atoms with Crippen LogP contribution in [-0.2, 0) is 11.3 Å². The number of rotatable bonds is 7. The van der Waals surface area contributed by atoms with Gasteiger partial charge in [0, 0.05) is 45.0 Å². The van der Waals surface area contributed by atoms with Gasteiger partial charge in [-0.25, -0.2) is 4.98 Å². The molecule has 2 N–H and O–H groups in total. The summed E-state index contributed by atoms with van der Waals surface area (Å²) in [7, 11) is 0. The van der Waals surface area contributed by atoms with E-state index in [1.807, 2.05) is 49.1 Å². The summed E-state index contributed by atoms with van der Waals surface area (Å²) in [6.45, 7) is 8.07. The van der Waals surface area contributed by atoms with Crippen molar-refractivity contribution >= 4 is 11.9 Å². The molecule has 156 valence electrons. The summed E-state index contributed by atoms with van der Waals surface area (Å²) in [6.07, 6.45) is 7.25. The van der Waals surface area contributed by atoms with E-state index >= 15 is 0 Å². The van der Waals surface area contributed by atoms with Crippen LogP contribution in [0.4, 0.5) is 0 Å². The molecule has 0 aliphatic carbocycles. The Morgan fingerprint density at radius 1 is 1.28 bits per heavy atom. The zero-order valence-electron chi connectivity index (χ0n) is 17.4. The Hall–Kier alpha value is -2.83. The maximum absolute atomic E-state index is 12.2. The summed E-state index contributed by atoms with van der Waals surface area (Å²) < 4.78 is 2.19. The lowest BCUT2D eigenvalue weighted by molar-refractivity contribution is -0.121. The molecule has 1 saturated heterocycles. The molecule has 1 fully saturated rings. The standard InChI is InChI=1S/C22H32N6O/c1-3-24-22(25-11-9-21(29)26-15-19-7-5-4-6-8-19)27-13-10-18(2)20(16-27)28-14-12-23-17-28/h4-8,12,14,17-18,20H,3,9-11,13,15-16H2,1-2H3,(H,24,25)(H,26,29). The van der Waals surface area contributed by atoms with Crippen molar-refractivity contribution in [2.75, 3.05) is 26.2 Å². The van der Waals surface area contributed by atoms with E-state index in [-0.39, 0.29) is 5.91 Å². The first kappa shape index (κ1) is 20.9. The van der Waals surface area contributed by atoms with Crippen molar-refractivity contribution in [3.63, 3.8) is 0 Å². The first-order valence-corrected chi connectivity index (χ1v) is 10.5. The monoisotopic (exact) mass is 396 g/mol. The molecule has 3 rings (SSSR count). The third-order valence-corrected chi connectivity index (χ3v) is 5.39. The molecule has 2 heterocycles. The second kappa shape index (κ2) is 10.6. The second-order valence-electron chi connectivity index (χ2n) is 7.54. The van der Waals surface area contributed by atoms with Gasteiger partial charge in [-0.3, -0.25) is 9.79 Å². The number of carbonyl (C=O) groups is 1. The van der Waals surface area contributed by atoms with Crippen LogP contribution in [0.15, 0.2) is 54.0 Å². The van der Waals surface area contributed by atoms with E-state index in [1.165, 1.54) is 0 Å². The van der Waals surface area contributed by atoms with Crippen LogP contribution in [0.2, 0.25) is 0 Å². The van der Waals surface area contributed by atoms with Crippen LogP contribution in [0.25, 0.3) is 0 Å². The number of aromatic nitrogens is 2. The molecule has 1 aromatic carbocycles. The predicted octanol–water partition coefficient (Wildman–Crippen LogP) is 2.44. The lowest BCUT2D eigenvalue weighted by atomic mass is 9.93. The van der Waals surface area contributed by atoms with Gasteiger partial charge in [0.2, 0.25) is 5.91 Å². The van der Waals surface area contributed by atoms with E-state index < -0.39 is 0 Å². The molecule has 1 aliphatic heterocycles. The lowest BCUT2D eigenvalue weighted by Gasteiger charge is -2.39. The fourth-order valence-corrected chi connectivity index (χ4v) is 3.67. The van der Waals surface area contributed by atoms with Crippen molar-refractivity contribution < 1.29 is 4.79 Å². The molecule has 7 heteroatoms. The maximum Gasteiger partial charge on any atom is 0.222 e. The summed E-state index contributed by atoms with van der Waals surface area (Å²) in [5.41, 5.74) is 1.10. The molecular weight excluding hydrogens is 364 g/mol. The highest BCUT2D eigenvalue weighted by Crippen LogP contribution is 2.27. The van der Waals surface area contributed by atoms with Gasteiger partial charge in [-0.05, 0) is 24.8 Å². The Labute approximate surface area is 173 Å². The number of hydrogen-bond donors (Lipinski definition) is 2. The summed E-state index contributed by atoms with van der Waals surface area (Å²) >= 11 is 0. The summed E-state index contributed by atoms with van der Waals surface area (Å²) in [4.78, 5) is 23.4. The minimum Gasteiger partial charge on any atom is -0.357 e. The Morgan fingerprint density at radius 2 is 2.10 bits per heavy atom. The fourth-order valence-electron chi connectivity index (χ4n) is 3.67. The normalized spacial score (nSPS) is 19.8. The van der Waals surface area contributed by atoms with E-state index in [0.717, 1.165) is 37.6 Å². The molecule has 2 unspecified atom stereocenters. The Balaban J connectivity index is 1.53. The highest BCUT2D eigenvalue weighted by Gasteiger charge is 2.28. The number of carbonyl (C=O) groups excluding carboxylic acids is 1. The molecule has 2 aromatic rings. The van der Waals surface area contributed by atoms with E-state index in [4.69, 9.17) is 4.99 Å². The number of likely N-dealkylation sites (tertiary alicyclic amines) is 1. The molecule has 1 aromatic heterocycles. The van der Waals surface area contributed by atoms with E-state index in [0.29, 0.717) is 31.5 Å². The molecule has 0 radical (unpaired) electrons. The van der Waals surface area contributed by atoms with Crippen molar-refractivity contribution in [3.05, 3.63) is 54.6 Å². The first-order valence-electron chi connectivity index (χ1n) is 10.5. The molecule has 2 atom stereocenters. The van der Waals surface area contributed by atoms with Crippen LogP contribution in [0, 0.1) is 5.92 Å². The summed E-state index contributed by atoms with van der Waals surface area (Å²) in [5, 5.41) is 6.35. The molecule has 1 amide bonds. The number of piperidine rings is 1. The van der Waals surface area contributed by atoms with Crippen molar-refractivity contribution in [3.8, 4) is 0 Å². The van der Waals surface area contributed by atoms with Crippen molar-refractivity contribution in [1.29, 1.82) is 0 Å². The molecule has 0 bridgehead atoms. The van der Waals surface area contributed by atoms with Crippen molar-refractivity contribution in [2.45, 2.75) is 39.3 Å². The zero-order valence-corrected chi connectivity index (χ0v) is 17.4. The average Bonchev–Trinajstić information content (AvgIpc) is 3.27. The summed E-state index contributed by atoms with van der Waals surface area (Å²) in [6, 6.07) is 10.3. The second-order valence-corrected chi connectivity index (χ2v) is 7.54. The van der Waals surface area contributed by atoms with Crippen LogP contribution in [0.3, 0.4) is 0 Å². The molecular formula is C22H32N6O. The SMILES string of the molecule is CCNC(=NCCC(=O)NCc1ccccc1)N1CCC(C)C(n2ccnc2)C1. The van der Waals surface area contributed by atoms with Crippen LogP contribution in [-0.4, -0.2) is 52.5 Å². The van der Waals surface area contributed by atoms with Gasteiger partial charge in [-0.1, -0.05) is 37.3 Å². The van der Waals surface area contributed by atoms with E-state index in [9.17, 15) is 4.79 Å². The van der Waals surface area contributed by atoms with Crippen LogP contribution in [0.5, 0.6) is 0 Å². The molecule has 29 heavy (non-hydrogen) atoms. The quantitative estimate of drug-likeness (QED) is 0.557. The fraction of sp³-hybridized carbons (Fsp3) is 0.500. The smallest absolute Gasteiger partial charge is 0.222 e. The Kier molecular flexibility index (Phi) is 7.67. The van der Waals surface area contributed by atoms with Gasteiger partial charge in [-0.2, -0.15) is 0 Å². The number of nitrogens with one attached hydrogen (secondary N) is 2. The maximum atomic E-state index is 12.2. The molecule has 0 spiro atoms. The predicted molar refractivity (Wildman–Crippen MR) is 116 cm³/mol. The minimum atomic E-state index is 0.0250. The van der Waals surface area contributed by atoms with Gasteiger partial charge in [0.15, 0.2) is 5.96 Å². The number of guanidine groups is 1. The van der Waals surface area contributed by atoms with Gasteiger partial charge in [-0.15, -0.1) is 0 Å². The molecule has 1 aliphatic rings. The number of amides is 1. The van der Waals surface area contributed by atoms with Gasteiger partial charge < -0.3 is 20.1 Å². The molecule has 7 nitrogen and oxygen atoms in total. The number of aliphatic imine (C=N–C) groups is 1. The Morgan fingerprint density at radius 3 is 2.83 bits per heavy atom. The van der Waals surface area contributed by atoms with Gasteiger partial charge >= 0.3 is 0 Å². The zero-order chi connectivity index (χ0) is 20.5. The first-order chi connectivity index (χ1) is 14.2. The molecule has 0 saturated carbocycles. The van der Waals surface area contributed by atoms with E-state index in [2.05, 4.69) is 38.9 Å². The largest absolute Gasteiger partial charge is 0.357 e. The van der Waals surface area contributed by atoms with Crippen LogP contribution in [0.1, 0.15) is 38.3 Å². The van der Waals surface area contributed by atoms with Gasteiger partial charge in [0.25, 0.3) is 0 Å². The van der Waals surface area contributed by atoms with Crippen molar-refractivity contribution in [2.24, 2.45) is 10.9 Å². The minimum absolute atomic E-state index is 0.0250. The van der Waals surface area contributed by atoms with Gasteiger partial charge in [0.1, 0.15) is 0 Å².